The molecule has 0 bridgehead atoms. The highest BCUT2D eigenvalue weighted by Gasteiger charge is 2.02. The number of thiocarbonyl (C=S) groups is 1. The van der Waals surface area contributed by atoms with Crippen LogP contribution in [0.15, 0.2) is 25.0 Å². The van der Waals surface area contributed by atoms with Gasteiger partial charge in [-0.2, -0.15) is 0 Å². The summed E-state index contributed by atoms with van der Waals surface area (Å²) in [6.45, 7) is 1.69. The lowest BCUT2D eigenvalue weighted by Gasteiger charge is -2.01. The van der Waals surface area contributed by atoms with Crippen molar-refractivity contribution >= 4 is 17.2 Å². The van der Waals surface area contributed by atoms with Crippen LogP contribution in [0.5, 0.6) is 0 Å². The second-order valence-electron chi connectivity index (χ2n) is 3.35. The predicted molar refractivity (Wildman–Crippen MR) is 62.8 cm³/mol. The smallest absolute Gasteiger partial charge is 0.208 e. The van der Waals surface area contributed by atoms with E-state index in [-0.39, 0.29) is 4.99 Å². The summed E-state index contributed by atoms with van der Waals surface area (Å²) in [5, 5.41) is 4.14. The van der Waals surface area contributed by atoms with Crippen molar-refractivity contribution in [2.75, 3.05) is 0 Å². The van der Waals surface area contributed by atoms with Gasteiger partial charge in [0.05, 0.1) is 6.33 Å². The van der Waals surface area contributed by atoms with Crippen molar-refractivity contribution in [3.05, 3.63) is 30.9 Å². The standard InChI is InChI=1S/C9H12N6S/c10-8(16)9-12-7-15(13-9)4-1-3-14-5-2-11-6-14/h2,5-7H,1,3-4H2,(H2,10,16). The van der Waals surface area contributed by atoms with E-state index in [2.05, 4.69) is 15.1 Å². The van der Waals surface area contributed by atoms with Crippen molar-refractivity contribution in [3.63, 3.8) is 0 Å². The molecule has 0 fully saturated rings. The Morgan fingerprint density at radius 2 is 2.25 bits per heavy atom. The molecule has 0 radical (unpaired) electrons. The molecule has 0 unspecified atom stereocenters. The van der Waals surface area contributed by atoms with Crippen LogP contribution >= 0.6 is 12.2 Å². The van der Waals surface area contributed by atoms with Gasteiger partial charge in [-0.25, -0.2) is 9.97 Å². The zero-order chi connectivity index (χ0) is 11.4. The number of rotatable bonds is 5. The van der Waals surface area contributed by atoms with Crippen LogP contribution in [0.2, 0.25) is 0 Å². The minimum absolute atomic E-state index is 0.230. The van der Waals surface area contributed by atoms with Gasteiger partial charge in [-0.3, -0.25) is 4.68 Å². The molecule has 7 heteroatoms. The van der Waals surface area contributed by atoms with Crippen LogP contribution < -0.4 is 5.73 Å². The van der Waals surface area contributed by atoms with E-state index in [4.69, 9.17) is 18.0 Å². The number of aryl methyl sites for hydroxylation is 2. The van der Waals surface area contributed by atoms with E-state index < -0.39 is 0 Å². The van der Waals surface area contributed by atoms with Gasteiger partial charge in [-0.1, -0.05) is 12.2 Å². The molecule has 6 nitrogen and oxygen atoms in total. The number of hydrogen-bond acceptors (Lipinski definition) is 4. The van der Waals surface area contributed by atoms with Crippen molar-refractivity contribution in [2.24, 2.45) is 5.73 Å². The largest absolute Gasteiger partial charge is 0.387 e. The fourth-order valence-corrected chi connectivity index (χ4v) is 1.44. The van der Waals surface area contributed by atoms with Crippen molar-refractivity contribution in [1.29, 1.82) is 0 Å². The summed E-state index contributed by atoms with van der Waals surface area (Å²) >= 11 is 4.78. The Morgan fingerprint density at radius 3 is 2.88 bits per heavy atom. The average Bonchev–Trinajstić information content (AvgIpc) is 2.87. The van der Waals surface area contributed by atoms with Gasteiger partial charge in [-0.15, -0.1) is 5.10 Å². The summed E-state index contributed by atoms with van der Waals surface area (Å²) in [7, 11) is 0. The van der Waals surface area contributed by atoms with Crippen LogP contribution in [0.3, 0.4) is 0 Å². The van der Waals surface area contributed by atoms with Gasteiger partial charge in [0, 0.05) is 25.5 Å². The third kappa shape index (κ3) is 2.63. The van der Waals surface area contributed by atoms with Crippen LogP contribution in [-0.2, 0) is 13.1 Å². The highest BCUT2D eigenvalue weighted by Crippen LogP contribution is 1.95. The lowest BCUT2D eigenvalue weighted by atomic mass is 10.4. The van der Waals surface area contributed by atoms with Gasteiger partial charge < -0.3 is 10.3 Å². The third-order valence-corrected chi connectivity index (χ3v) is 2.30. The fourth-order valence-electron chi connectivity index (χ4n) is 1.35. The first kappa shape index (κ1) is 10.7. The molecule has 2 rings (SSSR count). The molecule has 2 aromatic rings. The highest BCUT2D eigenvalue weighted by atomic mass is 32.1. The van der Waals surface area contributed by atoms with Gasteiger partial charge >= 0.3 is 0 Å². The van der Waals surface area contributed by atoms with Crippen LogP contribution in [-0.4, -0.2) is 29.3 Å². The molecule has 0 saturated heterocycles. The Labute approximate surface area is 98.1 Å². The van der Waals surface area contributed by atoms with E-state index in [9.17, 15) is 0 Å². The average molecular weight is 236 g/mol. The second-order valence-corrected chi connectivity index (χ2v) is 3.79. The topological polar surface area (TPSA) is 74.5 Å². The molecule has 0 aliphatic rings. The number of aromatic nitrogens is 5. The summed E-state index contributed by atoms with van der Waals surface area (Å²) in [4.78, 5) is 8.20. The predicted octanol–water partition coefficient (Wildman–Crippen LogP) is 0.199. The maximum atomic E-state index is 5.41. The van der Waals surface area contributed by atoms with Gasteiger partial charge in [-0.05, 0) is 6.42 Å². The molecule has 2 N–H and O–H groups in total. The number of nitrogens with zero attached hydrogens (tertiary/aromatic N) is 5. The Morgan fingerprint density at radius 1 is 1.38 bits per heavy atom. The number of hydrogen-bond donors (Lipinski definition) is 1. The van der Waals surface area contributed by atoms with E-state index in [1.807, 2.05) is 10.8 Å². The van der Waals surface area contributed by atoms with Crippen LogP contribution in [0.25, 0.3) is 0 Å². The molecular weight excluding hydrogens is 224 g/mol. The maximum absolute atomic E-state index is 5.41. The zero-order valence-corrected chi connectivity index (χ0v) is 9.47. The summed E-state index contributed by atoms with van der Waals surface area (Å²) in [5.74, 6) is 0.428. The molecule has 0 saturated carbocycles. The molecule has 84 valence electrons. The van der Waals surface area contributed by atoms with Gasteiger partial charge in [0.15, 0.2) is 0 Å². The Balaban J connectivity index is 1.83. The molecule has 0 spiro atoms. The van der Waals surface area contributed by atoms with Crippen molar-refractivity contribution in [2.45, 2.75) is 19.5 Å². The van der Waals surface area contributed by atoms with Gasteiger partial charge in [0.25, 0.3) is 0 Å². The minimum Gasteiger partial charge on any atom is -0.387 e. The molecule has 0 atom stereocenters. The van der Waals surface area contributed by atoms with E-state index in [0.717, 1.165) is 19.5 Å². The monoisotopic (exact) mass is 236 g/mol. The van der Waals surface area contributed by atoms with Crippen molar-refractivity contribution < 1.29 is 0 Å². The summed E-state index contributed by atoms with van der Waals surface area (Å²) < 4.78 is 3.76. The second kappa shape index (κ2) is 4.84. The normalized spacial score (nSPS) is 10.5. The van der Waals surface area contributed by atoms with Crippen molar-refractivity contribution in [3.8, 4) is 0 Å². The summed E-state index contributed by atoms with van der Waals surface area (Å²) in [6, 6.07) is 0. The summed E-state index contributed by atoms with van der Waals surface area (Å²) in [6.07, 6.45) is 8.09. The van der Waals surface area contributed by atoms with Crippen LogP contribution in [0, 0.1) is 0 Å². The first-order chi connectivity index (χ1) is 7.75. The lowest BCUT2D eigenvalue weighted by molar-refractivity contribution is 0.525. The quantitative estimate of drug-likeness (QED) is 0.751. The van der Waals surface area contributed by atoms with E-state index >= 15 is 0 Å². The number of nitrogens with two attached hydrogens (primary N) is 1. The highest BCUT2D eigenvalue weighted by molar-refractivity contribution is 7.80. The minimum atomic E-state index is 0.230. The van der Waals surface area contributed by atoms with E-state index in [0.29, 0.717) is 5.82 Å². The molecule has 0 aliphatic heterocycles. The Hall–Kier alpha value is -1.76. The third-order valence-electron chi connectivity index (χ3n) is 2.12. The van der Waals surface area contributed by atoms with Crippen LogP contribution in [0.4, 0.5) is 0 Å². The van der Waals surface area contributed by atoms with E-state index in [1.165, 1.54) is 0 Å². The lowest BCUT2D eigenvalue weighted by Crippen LogP contribution is -2.12. The zero-order valence-electron chi connectivity index (χ0n) is 8.65. The Bertz CT molecular complexity index is 460. The molecule has 0 aromatic carbocycles. The molecule has 16 heavy (non-hydrogen) atoms. The molecule has 2 heterocycles. The Kier molecular flexibility index (Phi) is 3.25. The number of imidazole rings is 1. The van der Waals surface area contributed by atoms with Crippen molar-refractivity contribution in [1.82, 2.24) is 24.3 Å². The van der Waals surface area contributed by atoms with Gasteiger partial charge in [0.2, 0.25) is 5.82 Å². The van der Waals surface area contributed by atoms with Crippen LogP contribution in [0.1, 0.15) is 12.2 Å². The fraction of sp³-hybridized carbons (Fsp3) is 0.333. The maximum Gasteiger partial charge on any atom is 0.208 e. The SMILES string of the molecule is NC(=S)c1ncn(CCCn2ccnc2)n1. The van der Waals surface area contributed by atoms with Gasteiger partial charge in [0.1, 0.15) is 11.3 Å². The first-order valence-corrected chi connectivity index (χ1v) is 5.31. The first-order valence-electron chi connectivity index (χ1n) is 4.90. The molecule has 0 aliphatic carbocycles. The molecule has 0 amide bonds. The van der Waals surface area contributed by atoms with E-state index in [1.54, 1.807) is 23.5 Å². The molecular formula is C9H12N6S. The molecule has 2 aromatic heterocycles. The summed E-state index contributed by atoms with van der Waals surface area (Å²) in [5.41, 5.74) is 5.41.